The number of carbonyl (C=O) groups is 1. The number of hydrogen-bond acceptors (Lipinski definition) is 3. The molecule has 0 unspecified atom stereocenters. The maximum Gasteiger partial charge on any atom is 0.422 e. The molecule has 0 bridgehead atoms. The van der Waals surface area contributed by atoms with Crippen molar-refractivity contribution < 1.29 is 27.4 Å². The molecular formula is C19H26F3NO3. The predicted octanol–water partition coefficient (Wildman–Crippen LogP) is 4.27. The van der Waals surface area contributed by atoms with Gasteiger partial charge in [0.15, 0.2) is 18.1 Å². The number of nitrogens with one attached hydrogen (secondary N) is 1. The first-order valence-corrected chi connectivity index (χ1v) is 9.00. The van der Waals surface area contributed by atoms with Crippen LogP contribution in [0.3, 0.4) is 0 Å². The van der Waals surface area contributed by atoms with E-state index in [4.69, 9.17) is 9.47 Å². The Kier molecular flexibility index (Phi) is 7.60. The van der Waals surface area contributed by atoms with Crippen LogP contribution in [0.4, 0.5) is 13.2 Å². The molecule has 0 radical (unpaired) electrons. The summed E-state index contributed by atoms with van der Waals surface area (Å²) in [7, 11) is 1.37. The minimum absolute atomic E-state index is 0.00746. The van der Waals surface area contributed by atoms with Gasteiger partial charge in [-0.25, -0.2) is 0 Å². The summed E-state index contributed by atoms with van der Waals surface area (Å²) in [5, 5.41) is 2.98. The molecule has 1 aromatic carbocycles. The van der Waals surface area contributed by atoms with E-state index >= 15 is 0 Å². The predicted molar refractivity (Wildman–Crippen MR) is 92.4 cm³/mol. The van der Waals surface area contributed by atoms with Crippen molar-refractivity contribution in [3.8, 4) is 11.5 Å². The van der Waals surface area contributed by atoms with Gasteiger partial charge in [-0.3, -0.25) is 4.79 Å². The van der Waals surface area contributed by atoms with Crippen molar-refractivity contribution in [2.75, 3.05) is 20.3 Å². The van der Waals surface area contributed by atoms with Gasteiger partial charge in [0.2, 0.25) is 5.91 Å². The van der Waals surface area contributed by atoms with Crippen molar-refractivity contribution in [2.45, 2.75) is 51.1 Å². The highest BCUT2D eigenvalue weighted by molar-refractivity contribution is 5.76. The Hall–Kier alpha value is -1.92. The van der Waals surface area contributed by atoms with E-state index in [0.29, 0.717) is 18.8 Å². The number of rotatable bonds is 8. The van der Waals surface area contributed by atoms with Gasteiger partial charge in [0, 0.05) is 13.0 Å². The molecule has 4 nitrogen and oxygen atoms in total. The third kappa shape index (κ3) is 7.14. The van der Waals surface area contributed by atoms with Crippen LogP contribution in [-0.2, 0) is 11.2 Å². The average molecular weight is 373 g/mol. The molecule has 1 N–H and O–H groups in total. The zero-order valence-corrected chi connectivity index (χ0v) is 15.0. The number of amides is 1. The normalized spacial score (nSPS) is 15.5. The summed E-state index contributed by atoms with van der Waals surface area (Å²) in [6.07, 6.45) is 2.54. The van der Waals surface area contributed by atoms with Crippen molar-refractivity contribution in [3.05, 3.63) is 23.8 Å². The summed E-state index contributed by atoms with van der Waals surface area (Å²) >= 11 is 0. The van der Waals surface area contributed by atoms with Crippen molar-refractivity contribution >= 4 is 5.91 Å². The number of methoxy groups -OCH3 is 1. The van der Waals surface area contributed by atoms with Gasteiger partial charge in [0.1, 0.15) is 0 Å². The Morgan fingerprint density at radius 1 is 1.19 bits per heavy atom. The number of carbonyl (C=O) groups excluding carboxylic acids is 1. The average Bonchev–Trinajstić information content (AvgIpc) is 2.63. The van der Waals surface area contributed by atoms with Crippen LogP contribution in [0.1, 0.15) is 44.1 Å². The van der Waals surface area contributed by atoms with Crippen molar-refractivity contribution in [2.24, 2.45) is 5.92 Å². The molecule has 0 atom stereocenters. The summed E-state index contributed by atoms with van der Waals surface area (Å²) in [6, 6.07) is 4.71. The number of hydrogen-bond donors (Lipinski definition) is 1. The Labute approximate surface area is 152 Å². The van der Waals surface area contributed by atoms with Crippen molar-refractivity contribution in [3.63, 3.8) is 0 Å². The van der Waals surface area contributed by atoms with E-state index in [1.165, 1.54) is 45.3 Å². The van der Waals surface area contributed by atoms with Gasteiger partial charge >= 0.3 is 6.18 Å². The molecule has 1 amide bonds. The quantitative estimate of drug-likeness (QED) is 0.740. The van der Waals surface area contributed by atoms with Crippen LogP contribution in [-0.4, -0.2) is 32.3 Å². The minimum Gasteiger partial charge on any atom is -0.493 e. The number of aryl methyl sites for hydroxylation is 1. The standard InChI is InChI=1S/C19H26F3NO3/c1-25-17-11-14(7-9-16(17)26-13-19(20,21)22)8-10-18(24)23-12-15-5-3-2-4-6-15/h7,9,11,15H,2-6,8,10,12-13H2,1H3,(H,23,24). The SMILES string of the molecule is COc1cc(CCC(=O)NCC2CCCCC2)ccc1OCC(F)(F)F. The molecule has 146 valence electrons. The molecular weight excluding hydrogens is 347 g/mol. The molecule has 0 spiro atoms. The molecule has 1 aliphatic rings. The van der Waals surface area contributed by atoms with Gasteiger partial charge in [-0.15, -0.1) is 0 Å². The fourth-order valence-corrected chi connectivity index (χ4v) is 3.14. The second-order valence-corrected chi connectivity index (χ2v) is 6.70. The highest BCUT2D eigenvalue weighted by Crippen LogP contribution is 2.30. The lowest BCUT2D eigenvalue weighted by Crippen LogP contribution is -2.30. The lowest BCUT2D eigenvalue weighted by molar-refractivity contribution is -0.153. The lowest BCUT2D eigenvalue weighted by atomic mass is 9.89. The molecule has 1 fully saturated rings. The summed E-state index contributed by atoms with van der Waals surface area (Å²) < 4.78 is 46.6. The van der Waals surface area contributed by atoms with E-state index < -0.39 is 12.8 Å². The van der Waals surface area contributed by atoms with Gasteiger partial charge in [-0.2, -0.15) is 13.2 Å². The number of benzene rings is 1. The molecule has 7 heteroatoms. The maximum absolute atomic E-state index is 12.3. The third-order valence-corrected chi connectivity index (χ3v) is 4.57. The monoisotopic (exact) mass is 373 g/mol. The zero-order valence-electron chi connectivity index (χ0n) is 15.0. The molecule has 1 aromatic rings. The molecule has 0 aliphatic heterocycles. The first-order valence-electron chi connectivity index (χ1n) is 9.00. The first kappa shape index (κ1) is 20.4. The maximum atomic E-state index is 12.3. The second kappa shape index (κ2) is 9.69. The van der Waals surface area contributed by atoms with Crippen LogP contribution in [0.5, 0.6) is 11.5 Å². The van der Waals surface area contributed by atoms with E-state index in [2.05, 4.69) is 5.32 Å². The topological polar surface area (TPSA) is 47.6 Å². The number of alkyl halides is 3. The summed E-state index contributed by atoms with van der Waals surface area (Å²) in [5.74, 6) is 0.842. The number of halogens is 3. The lowest BCUT2D eigenvalue weighted by Gasteiger charge is -2.21. The fraction of sp³-hybridized carbons (Fsp3) is 0.632. The van der Waals surface area contributed by atoms with E-state index in [9.17, 15) is 18.0 Å². The molecule has 2 rings (SSSR count). The van der Waals surface area contributed by atoms with Gasteiger partial charge in [0.25, 0.3) is 0 Å². The largest absolute Gasteiger partial charge is 0.493 e. The van der Waals surface area contributed by atoms with Crippen LogP contribution < -0.4 is 14.8 Å². The minimum atomic E-state index is -4.40. The highest BCUT2D eigenvalue weighted by atomic mass is 19.4. The summed E-state index contributed by atoms with van der Waals surface area (Å²) in [6.45, 7) is -0.640. The van der Waals surface area contributed by atoms with Gasteiger partial charge in [0.05, 0.1) is 7.11 Å². The third-order valence-electron chi connectivity index (χ3n) is 4.57. The molecule has 1 aliphatic carbocycles. The Morgan fingerprint density at radius 2 is 1.92 bits per heavy atom. The number of ether oxygens (including phenoxy) is 2. The fourth-order valence-electron chi connectivity index (χ4n) is 3.14. The van der Waals surface area contributed by atoms with E-state index in [1.807, 2.05) is 0 Å². The van der Waals surface area contributed by atoms with E-state index in [-0.39, 0.29) is 17.4 Å². The molecule has 0 saturated heterocycles. The van der Waals surface area contributed by atoms with Crippen LogP contribution >= 0.6 is 0 Å². The Morgan fingerprint density at radius 3 is 2.58 bits per heavy atom. The molecule has 1 saturated carbocycles. The van der Waals surface area contributed by atoms with Gasteiger partial charge in [-0.05, 0) is 42.9 Å². The van der Waals surface area contributed by atoms with Crippen LogP contribution in [0.2, 0.25) is 0 Å². The second-order valence-electron chi connectivity index (χ2n) is 6.70. The van der Waals surface area contributed by atoms with Crippen molar-refractivity contribution in [1.82, 2.24) is 5.32 Å². The molecule has 26 heavy (non-hydrogen) atoms. The van der Waals surface area contributed by atoms with Crippen LogP contribution in [0.15, 0.2) is 18.2 Å². The summed E-state index contributed by atoms with van der Waals surface area (Å²) in [5.41, 5.74) is 0.814. The first-order chi connectivity index (χ1) is 12.4. The Bertz CT molecular complexity index is 584. The molecule has 0 heterocycles. The van der Waals surface area contributed by atoms with Gasteiger partial charge < -0.3 is 14.8 Å². The van der Waals surface area contributed by atoms with E-state index in [1.54, 1.807) is 12.1 Å². The van der Waals surface area contributed by atoms with Crippen LogP contribution in [0.25, 0.3) is 0 Å². The highest BCUT2D eigenvalue weighted by Gasteiger charge is 2.29. The van der Waals surface area contributed by atoms with Gasteiger partial charge in [-0.1, -0.05) is 25.3 Å². The van der Waals surface area contributed by atoms with Crippen LogP contribution in [0, 0.1) is 5.92 Å². The molecule has 0 aromatic heterocycles. The smallest absolute Gasteiger partial charge is 0.422 e. The zero-order chi connectivity index (χ0) is 19.0. The Balaban J connectivity index is 1.80. The summed E-state index contributed by atoms with van der Waals surface area (Å²) in [4.78, 5) is 12.0. The van der Waals surface area contributed by atoms with E-state index in [0.717, 1.165) is 12.1 Å². The van der Waals surface area contributed by atoms with Crippen molar-refractivity contribution in [1.29, 1.82) is 0 Å².